The number of aromatic nitrogens is 1. The number of ether oxygens (including phenoxy) is 1. The van der Waals surface area contributed by atoms with Crippen molar-refractivity contribution in [1.29, 1.82) is 0 Å². The second kappa shape index (κ2) is 8.80. The standard InChI is InChI=1S/C19H25N3O3S/c1-5-16(23)21-13-6-8-14(9-7-13)25-11-17(24)20-10-18-22-15(12-26-18)19(2,3)4/h6-9,12H,5,10-11H2,1-4H3,(H,20,24)(H,21,23). The number of carbonyl (C=O) groups is 2. The Morgan fingerprint density at radius 1 is 1.15 bits per heavy atom. The van der Waals surface area contributed by atoms with Crippen molar-refractivity contribution >= 4 is 28.8 Å². The van der Waals surface area contributed by atoms with Crippen LogP contribution < -0.4 is 15.4 Å². The molecule has 6 nitrogen and oxygen atoms in total. The number of thiazole rings is 1. The van der Waals surface area contributed by atoms with Gasteiger partial charge >= 0.3 is 0 Å². The summed E-state index contributed by atoms with van der Waals surface area (Å²) in [6.45, 7) is 8.44. The lowest BCUT2D eigenvalue weighted by Gasteiger charge is -2.14. The van der Waals surface area contributed by atoms with Gasteiger partial charge in [-0.2, -0.15) is 0 Å². The predicted molar refractivity (Wildman–Crippen MR) is 104 cm³/mol. The van der Waals surface area contributed by atoms with Gasteiger partial charge in [-0.15, -0.1) is 11.3 Å². The van der Waals surface area contributed by atoms with Gasteiger partial charge in [0.15, 0.2) is 6.61 Å². The fraction of sp³-hybridized carbons (Fsp3) is 0.421. The molecule has 1 aromatic carbocycles. The Bertz CT molecular complexity index is 748. The number of anilines is 1. The Hall–Kier alpha value is -2.41. The maximum Gasteiger partial charge on any atom is 0.258 e. The second-order valence-electron chi connectivity index (χ2n) is 6.87. The van der Waals surface area contributed by atoms with E-state index in [1.807, 2.05) is 5.38 Å². The van der Waals surface area contributed by atoms with Crippen LogP contribution in [0.15, 0.2) is 29.6 Å². The number of nitrogens with one attached hydrogen (secondary N) is 2. The van der Waals surface area contributed by atoms with E-state index in [0.29, 0.717) is 24.4 Å². The van der Waals surface area contributed by atoms with E-state index >= 15 is 0 Å². The fourth-order valence-corrected chi connectivity index (χ4v) is 2.96. The van der Waals surface area contributed by atoms with Crippen LogP contribution in [0.5, 0.6) is 5.75 Å². The van der Waals surface area contributed by atoms with Crippen LogP contribution >= 0.6 is 11.3 Å². The summed E-state index contributed by atoms with van der Waals surface area (Å²) in [7, 11) is 0. The summed E-state index contributed by atoms with van der Waals surface area (Å²) in [6.07, 6.45) is 0.425. The van der Waals surface area contributed by atoms with Gasteiger partial charge in [-0.1, -0.05) is 27.7 Å². The van der Waals surface area contributed by atoms with Crippen molar-refractivity contribution < 1.29 is 14.3 Å². The van der Waals surface area contributed by atoms with Gasteiger partial charge in [0.05, 0.1) is 12.2 Å². The van der Waals surface area contributed by atoms with E-state index in [2.05, 4.69) is 36.4 Å². The third-order valence-electron chi connectivity index (χ3n) is 3.59. The summed E-state index contributed by atoms with van der Waals surface area (Å²) >= 11 is 1.54. The Balaban J connectivity index is 1.76. The lowest BCUT2D eigenvalue weighted by molar-refractivity contribution is -0.123. The number of rotatable bonds is 7. The molecule has 0 unspecified atom stereocenters. The molecule has 2 N–H and O–H groups in total. The molecule has 1 heterocycles. The Labute approximate surface area is 158 Å². The van der Waals surface area contributed by atoms with Gasteiger partial charge in [0.1, 0.15) is 10.8 Å². The summed E-state index contributed by atoms with van der Waals surface area (Å²) in [4.78, 5) is 27.8. The maximum atomic E-state index is 11.9. The molecule has 0 aliphatic carbocycles. The molecule has 140 valence electrons. The summed E-state index contributed by atoms with van der Waals surface area (Å²) in [5.41, 5.74) is 1.73. The third-order valence-corrected chi connectivity index (χ3v) is 4.43. The zero-order valence-corrected chi connectivity index (χ0v) is 16.4. The van der Waals surface area contributed by atoms with Gasteiger partial charge in [-0.3, -0.25) is 9.59 Å². The van der Waals surface area contributed by atoms with Crippen LogP contribution in [0.1, 0.15) is 44.8 Å². The van der Waals surface area contributed by atoms with E-state index in [-0.39, 0.29) is 23.8 Å². The topological polar surface area (TPSA) is 80.3 Å². The van der Waals surface area contributed by atoms with Gasteiger partial charge in [0, 0.05) is 22.9 Å². The molecule has 7 heteroatoms. The molecular weight excluding hydrogens is 350 g/mol. The number of hydrogen-bond donors (Lipinski definition) is 2. The van der Waals surface area contributed by atoms with Crippen molar-refractivity contribution in [2.75, 3.05) is 11.9 Å². The molecule has 0 bridgehead atoms. The van der Waals surface area contributed by atoms with Crippen LogP contribution in [0.4, 0.5) is 5.69 Å². The predicted octanol–water partition coefficient (Wildman–Crippen LogP) is 3.48. The van der Waals surface area contributed by atoms with E-state index in [4.69, 9.17) is 4.74 Å². The Morgan fingerprint density at radius 3 is 2.42 bits per heavy atom. The zero-order valence-electron chi connectivity index (χ0n) is 15.6. The summed E-state index contributed by atoms with van der Waals surface area (Å²) < 4.78 is 5.46. The molecule has 2 rings (SSSR count). The Morgan fingerprint density at radius 2 is 1.85 bits per heavy atom. The van der Waals surface area contributed by atoms with Gasteiger partial charge in [0.2, 0.25) is 5.91 Å². The molecule has 0 saturated carbocycles. The molecule has 0 saturated heterocycles. The number of nitrogens with zero attached hydrogens (tertiary/aromatic N) is 1. The first-order chi connectivity index (χ1) is 12.3. The number of carbonyl (C=O) groups excluding carboxylic acids is 2. The zero-order chi connectivity index (χ0) is 19.2. The Kier molecular flexibility index (Phi) is 6.74. The summed E-state index contributed by atoms with van der Waals surface area (Å²) in [6, 6.07) is 6.92. The highest BCUT2D eigenvalue weighted by Gasteiger charge is 2.17. The molecule has 0 radical (unpaired) electrons. The van der Waals surface area contributed by atoms with Gasteiger partial charge in [0.25, 0.3) is 5.91 Å². The highest BCUT2D eigenvalue weighted by molar-refractivity contribution is 7.09. The quantitative estimate of drug-likeness (QED) is 0.776. The summed E-state index contributed by atoms with van der Waals surface area (Å²) in [5, 5.41) is 8.46. The minimum atomic E-state index is -0.208. The molecule has 0 atom stereocenters. The average Bonchev–Trinajstić information content (AvgIpc) is 3.08. The smallest absolute Gasteiger partial charge is 0.258 e. The van der Waals surface area contributed by atoms with Crippen LogP contribution in [-0.4, -0.2) is 23.4 Å². The monoisotopic (exact) mass is 375 g/mol. The minimum Gasteiger partial charge on any atom is -0.484 e. The van der Waals surface area contributed by atoms with Crippen molar-refractivity contribution in [2.24, 2.45) is 0 Å². The van der Waals surface area contributed by atoms with Crippen LogP contribution in [-0.2, 0) is 21.5 Å². The highest BCUT2D eigenvalue weighted by Crippen LogP contribution is 2.23. The largest absolute Gasteiger partial charge is 0.484 e. The molecule has 0 aliphatic heterocycles. The van der Waals surface area contributed by atoms with E-state index in [0.717, 1.165) is 10.7 Å². The van der Waals surface area contributed by atoms with Gasteiger partial charge < -0.3 is 15.4 Å². The van der Waals surface area contributed by atoms with Crippen molar-refractivity contribution in [3.8, 4) is 5.75 Å². The van der Waals surface area contributed by atoms with E-state index in [1.165, 1.54) is 11.3 Å². The van der Waals surface area contributed by atoms with Gasteiger partial charge in [-0.05, 0) is 24.3 Å². The van der Waals surface area contributed by atoms with Crippen LogP contribution in [0, 0.1) is 0 Å². The molecule has 0 fully saturated rings. The molecule has 0 aliphatic rings. The normalized spacial score (nSPS) is 11.1. The molecule has 1 aromatic heterocycles. The van der Waals surface area contributed by atoms with Gasteiger partial charge in [-0.25, -0.2) is 4.98 Å². The SMILES string of the molecule is CCC(=O)Nc1ccc(OCC(=O)NCc2nc(C(C)(C)C)cs2)cc1. The van der Waals surface area contributed by atoms with E-state index in [9.17, 15) is 9.59 Å². The van der Waals surface area contributed by atoms with Crippen molar-refractivity contribution in [3.63, 3.8) is 0 Å². The molecular formula is C19H25N3O3S. The molecule has 0 spiro atoms. The molecule has 2 amide bonds. The van der Waals surface area contributed by atoms with Crippen LogP contribution in [0.25, 0.3) is 0 Å². The first kappa shape index (κ1) is 19.9. The van der Waals surface area contributed by atoms with Crippen molar-refractivity contribution in [1.82, 2.24) is 10.3 Å². The third kappa shape index (κ3) is 6.15. The molecule has 2 aromatic rings. The van der Waals surface area contributed by atoms with E-state index in [1.54, 1.807) is 31.2 Å². The lowest BCUT2D eigenvalue weighted by atomic mass is 9.93. The first-order valence-electron chi connectivity index (χ1n) is 8.52. The number of amides is 2. The van der Waals surface area contributed by atoms with Crippen molar-refractivity contribution in [2.45, 2.75) is 46.1 Å². The molecule has 26 heavy (non-hydrogen) atoms. The maximum absolute atomic E-state index is 11.9. The number of hydrogen-bond acceptors (Lipinski definition) is 5. The van der Waals surface area contributed by atoms with E-state index < -0.39 is 0 Å². The summed E-state index contributed by atoms with van der Waals surface area (Å²) in [5.74, 6) is 0.314. The highest BCUT2D eigenvalue weighted by atomic mass is 32.1. The van der Waals surface area contributed by atoms with Crippen LogP contribution in [0.2, 0.25) is 0 Å². The number of benzene rings is 1. The first-order valence-corrected chi connectivity index (χ1v) is 9.40. The average molecular weight is 375 g/mol. The fourth-order valence-electron chi connectivity index (χ4n) is 1.99. The minimum absolute atomic E-state index is 0.00459. The van der Waals surface area contributed by atoms with Crippen LogP contribution in [0.3, 0.4) is 0 Å². The second-order valence-corrected chi connectivity index (χ2v) is 7.81. The van der Waals surface area contributed by atoms with Crippen molar-refractivity contribution in [3.05, 3.63) is 40.3 Å². The lowest BCUT2D eigenvalue weighted by Crippen LogP contribution is -2.28.